The summed E-state index contributed by atoms with van der Waals surface area (Å²) >= 11 is 0. The summed E-state index contributed by atoms with van der Waals surface area (Å²) in [6.45, 7) is 9.11. The van der Waals surface area contributed by atoms with Gasteiger partial charge in [0.15, 0.2) is 11.5 Å². The monoisotopic (exact) mass is 295 g/mol. The molecule has 0 aliphatic heterocycles. The zero-order valence-corrected chi connectivity index (χ0v) is 13.8. The van der Waals surface area contributed by atoms with Gasteiger partial charge >= 0.3 is 0 Å². The van der Waals surface area contributed by atoms with E-state index >= 15 is 0 Å². The number of nitrogens with one attached hydrogen (secondary N) is 1. The minimum Gasteiger partial charge on any atom is -0.493 e. The van der Waals surface area contributed by atoms with Crippen LogP contribution < -0.4 is 14.8 Å². The van der Waals surface area contributed by atoms with E-state index in [9.17, 15) is 0 Å². The van der Waals surface area contributed by atoms with Crippen LogP contribution in [0.25, 0.3) is 0 Å². The van der Waals surface area contributed by atoms with Crippen LogP contribution in [0.1, 0.15) is 45.7 Å². The van der Waals surface area contributed by atoms with Crippen LogP contribution in [0.2, 0.25) is 0 Å². The van der Waals surface area contributed by atoms with Gasteiger partial charge < -0.3 is 19.9 Å². The molecule has 1 aromatic rings. The Labute approximate surface area is 128 Å². The van der Waals surface area contributed by atoms with Crippen molar-refractivity contribution in [1.29, 1.82) is 0 Å². The van der Waals surface area contributed by atoms with Crippen molar-refractivity contribution in [3.8, 4) is 11.5 Å². The van der Waals surface area contributed by atoms with Gasteiger partial charge in [-0.2, -0.15) is 0 Å². The SMILES string of the molecule is CC[C@H](N[C@@H](C)c1ccc(OCCO)c(OC)c1)C(C)C. The van der Waals surface area contributed by atoms with Crippen molar-refractivity contribution >= 4 is 0 Å². The third kappa shape index (κ3) is 5.21. The van der Waals surface area contributed by atoms with Gasteiger partial charge in [0.05, 0.1) is 13.7 Å². The van der Waals surface area contributed by atoms with Crippen LogP contribution in [0.4, 0.5) is 0 Å². The van der Waals surface area contributed by atoms with Crippen LogP contribution in [-0.2, 0) is 0 Å². The van der Waals surface area contributed by atoms with E-state index in [1.807, 2.05) is 18.2 Å². The first-order valence-corrected chi connectivity index (χ1v) is 7.71. The number of ether oxygens (including phenoxy) is 2. The Morgan fingerprint density at radius 1 is 1.19 bits per heavy atom. The van der Waals surface area contributed by atoms with E-state index in [4.69, 9.17) is 14.6 Å². The first-order valence-electron chi connectivity index (χ1n) is 7.71. The quantitative estimate of drug-likeness (QED) is 0.735. The summed E-state index contributed by atoms with van der Waals surface area (Å²) in [7, 11) is 1.63. The van der Waals surface area contributed by atoms with Gasteiger partial charge in [-0.15, -0.1) is 0 Å². The molecule has 2 N–H and O–H groups in total. The number of rotatable bonds is 9. The van der Waals surface area contributed by atoms with E-state index in [-0.39, 0.29) is 19.3 Å². The van der Waals surface area contributed by atoms with Gasteiger partial charge in [0.1, 0.15) is 6.61 Å². The van der Waals surface area contributed by atoms with Crippen LogP contribution in [0, 0.1) is 5.92 Å². The highest BCUT2D eigenvalue weighted by Crippen LogP contribution is 2.30. The summed E-state index contributed by atoms with van der Waals surface area (Å²) < 4.78 is 10.8. The molecule has 120 valence electrons. The van der Waals surface area contributed by atoms with Crippen molar-refractivity contribution in [3.63, 3.8) is 0 Å². The second kappa shape index (κ2) is 8.90. The lowest BCUT2D eigenvalue weighted by Gasteiger charge is -2.26. The van der Waals surface area contributed by atoms with Crippen molar-refractivity contribution in [2.45, 2.75) is 46.2 Å². The molecule has 0 bridgehead atoms. The molecule has 21 heavy (non-hydrogen) atoms. The van der Waals surface area contributed by atoms with Gasteiger partial charge in [0.25, 0.3) is 0 Å². The van der Waals surface area contributed by atoms with E-state index in [2.05, 4.69) is 33.0 Å². The third-order valence-corrected chi connectivity index (χ3v) is 3.75. The molecular formula is C17H29NO3. The molecule has 4 nitrogen and oxygen atoms in total. The van der Waals surface area contributed by atoms with Crippen molar-refractivity contribution < 1.29 is 14.6 Å². The second-order valence-corrected chi connectivity index (χ2v) is 5.63. The largest absolute Gasteiger partial charge is 0.493 e. The predicted molar refractivity (Wildman–Crippen MR) is 86.0 cm³/mol. The topological polar surface area (TPSA) is 50.7 Å². The Morgan fingerprint density at radius 3 is 2.43 bits per heavy atom. The van der Waals surface area contributed by atoms with E-state index < -0.39 is 0 Å². The van der Waals surface area contributed by atoms with Gasteiger partial charge in [-0.05, 0) is 37.0 Å². The lowest BCUT2D eigenvalue weighted by atomic mass is 9.99. The molecule has 0 unspecified atom stereocenters. The molecular weight excluding hydrogens is 266 g/mol. The molecule has 0 fully saturated rings. The zero-order chi connectivity index (χ0) is 15.8. The summed E-state index contributed by atoms with van der Waals surface area (Å²) in [5.74, 6) is 1.97. The maximum Gasteiger partial charge on any atom is 0.161 e. The molecule has 0 radical (unpaired) electrons. The second-order valence-electron chi connectivity index (χ2n) is 5.63. The van der Waals surface area contributed by atoms with Crippen LogP contribution >= 0.6 is 0 Å². The molecule has 0 aromatic heterocycles. The van der Waals surface area contributed by atoms with Crippen molar-refractivity contribution in [2.75, 3.05) is 20.3 Å². The fourth-order valence-electron chi connectivity index (χ4n) is 2.43. The van der Waals surface area contributed by atoms with Crippen LogP contribution in [0.5, 0.6) is 11.5 Å². The summed E-state index contributed by atoms with van der Waals surface area (Å²) in [4.78, 5) is 0. The van der Waals surface area contributed by atoms with Gasteiger partial charge in [0, 0.05) is 12.1 Å². The maximum absolute atomic E-state index is 8.84. The summed E-state index contributed by atoms with van der Waals surface area (Å²) in [5, 5.41) is 12.5. The molecule has 0 saturated carbocycles. The average molecular weight is 295 g/mol. The molecule has 0 spiro atoms. The van der Waals surface area contributed by atoms with E-state index in [1.165, 1.54) is 5.56 Å². The molecule has 0 aliphatic carbocycles. The summed E-state index contributed by atoms with van der Waals surface area (Å²) in [6, 6.07) is 6.69. The van der Waals surface area contributed by atoms with Crippen LogP contribution in [-0.4, -0.2) is 31.5 Å². The number of benzene rings is 1. The van der Waals surface area contributed by atoms with Crippen LogP contribution in [0.15, 0.2) is 18.2 Å². The summed E-state index contributed by atoms with van der Waals surface area (Å²) in [6.07, 6.45) is 1.11. The number of hydrogen-bond acceptors (Lipinski definition) is 4. The Bertz CT molecular complexity index is 420. The maximum atomic E-state index is 8.84. The zero-order valence-electron chi connectivity index (χ0n) is 13.8. The first kappa shape index (κ1) is 17.8. The van der Waals surface area contributed by atoms with E-state index in [0.29, 0.717) is 23.5 Å². The standard InChI is InChI=1S/C17H29NO3/c1-6-15(12(2)3)18-13(4)14-7-8-16(21-10-9-19)17(11-14)20-5/h7-8,11-13,15,18-19H,6,9-10H2,1-5H3/t13-,15-/m0/s1. The lowest BCUT2D eigenvalue weighted by Crippen LogP contribution is -2.35. The van der Waals surface area contributed by atoms with Gasteiger partial charge in [0.2, 0.25) is 0 Å². The number of aliphatic hydroxyl groups is 1. The number of hydrogen-bond donors (Lipinski definition) is 2. The van der Waals surface area contributed by atoms with Gasteiger partial charge in [-0.3, -0.25) is 0 Å². The van der Waals surface area contributed by atoms with Crippen LogP contribution in [0.3, 0.4) is 0 Å². The highest BCUT2D eigenvalue weighted by Gasteiger charge is 2.16. The Kier molecular flexibility index (Phi) is 7.54. The Hall–Kier alpha value is -1.26. The van der Waals surface area contributed by atoms with E-state index in [0.717, 1.165) is 6.42 Å². The molecule has 1 rings (SSSR count). The Balaban J connectivity index is 2.82. The van der Waals surface area contributed by atoms with Crippen molar-refractivity contribution in [1.82, 2.24) is 5.32 Å². The summed E-state index contributed by atoms with van der Waals surface area (Å²) in [5.41, 5.74) is 1.17. The average Bonchev–Trinajstić information content (AvgIpc) is 2.49. The molecule has 0 saturated heterocycles. The molecule has 0 aliphatic rings. The lowest BCUT2D eigenvalue weighted by molar-refractivity contribution is 0.196. The predicted octanol–water partition coefficient (Wildman–Crippen LogP) is 3.15. The Morgan fingerprint density at radius 2 is 1.90 bits per heavy atom. The molecule has 1 aromatic carbocycles. The third-order valence-electron chi connectivity index (χ3n) is 3.75. The van der Waals surface area contributed by atoms with Crippen molar-refractivity contribution in [2.24, 2.45) is 5.92 Å². The molecule has 4 heteroatoms. The van der Waals surface area contributed by atoms with Crippen molar-refractivity contribution in [3.05, 3.63) is 23.8 Å². The first-order chi connectivity index (χ1) is 10.0. The molecule has 2 atom stereocenters. The highest BCUT2D eigenvalue weighted by molar-refractivity contribution is 5.43. The fourth-order valence-corrected chi connectivity index (χ4v) is 2.43. The highest BCUT2D eigenvalue weighted by atomic mass is 16.5. The van der Waals surface area contributed by atoms with E-state index in [1.54, 1.807) is 7.11 Å². The minimum atomic E-state index is -0.00453. The molecule has 0 amide bonds. The minimum absolute atomic E-state index is 0.00453. The fraction of sp³-hybridized carbons (Fsp3) is 0.647. The molecule has 0 heterocycles. The van der Waals surface area contributed by atoms with Gasteiger partial charge in [-0.25, -0.2) is 0 Å². The van der Waals surface area contributed by atoms with Gasteiger partial charge in [-0.1, -0.05) is 26.8 Å². The number of aliphatic hydroxyl groups excluding tert-OH is 1. The normalized spacial score (nSPS) is 14.0. The number of methoxy groups -OCH3 is 1. The smallest absolute Gasteiger partial charge is 0.161 e.